The van der Waals surface area contributed by atoms with Gasteiger partial charge in [-0.3, -0.25) is 4.79 Å². The number of carbonyl (C=O) groups is 1. The SMILES string of the molecule is COC(=O)CCCNCC=C(C)C. The highest BCUT2D eigenvalue weighted by Crippen LogP contribution is 1.90. The molecule has 0 unspecified atom stereocenters. The number of hydrogen-bond acceptors (Lipinski definition) is 3. The largest absolute Gasteiger partial charge is 0.469 e. The second-order valence-electron chi connectivity index (χ2n) is 3.17. The summed E-state index contributed by atoms with van der Waals surface area (Å²) in [5.74, 6) is -0.135. The number of allylic oxidation sites excluding steroid dienone is 1. The third-order valence-corrected chi connectivity index (χ3v) is 1.62. The van der Waals surface area contributed by atoms with Crippen LogP contribution in [0.25, 0.3) is 0 Å². The third kappa shape index (κ3) is 9.08. The van der Waals surface area contributed by atoms with Gasteiger partial charge in [0.1, 0.15) is 0 Å². The summed E-state index contributed by atoms with van der Waals surface area (Å²) in [4.78, 5) is 10.7. The number of methoxy groups -OCH3 is 1. The molecule has 0 aromatic rings. The molecule has 0 amide bonds. The highest BCUT2D eigenvalue weighted by molar-refractivity contribution is 5.69. The topological polar surface area (TPSA) is 38.3 Å². The molecule has 0 aromatic carbocycles. The van der Waals surface area contributed by atoms with E-state index in [9.17, 15) is 4.79 Å². The zero-order valence-electron chi connectivity index (χ0n) is 8.72. The summed E-state index contributed by atoms with van der Waals surface area (Å²) in [6.45, 7) is 5.87. The Hall–Kier alpha value is -0.830. The van der Waals surface area contributed by atoms with Gasteiger partial charge in [-0.1, -0.05) is 11.6 Å². The Morgan fingerprint density at radius 3 is 2.69 bits per heavy atom. The highest BCUT2D eigenvalue weighted by atomic mass is 16.5. The van der Waals surface area contributed by atoms with E-state index in [1.54, 1.807) is 0 Å². The van der Waals surface area contributed by atoms with Crippen LogP contribution in [0.15, 0.2) is 11.6 Å². The molecule has 0 saturated heterocycles. The Morgan fingerprint density at radius 1 is 1.46 bits per heavy atom. The monoisotopic (exact) mass is 185 g/mol. The van der Waals surface area contributed by atoms with Gasteiger partial charge in [0, 0.05) is 13.0 Å². The Morgan fingerprint density at radius 2 is 2.15 bits per heavy atom. The summed E-state index contributed by atoms with van der Waals surface area (Å²) in [6.07, 6.45) is 3.46. The Balaban J connectivity index is 3.18. The maximum absolute atomic E-state index is 10.7. The van der Waals surface area contributed by atoms with Crippen molar-refractivity contribution in [2.24, 2.45) is 0 Å². The quantitative estimate of drug-likeness (QED) is 0.387. The fraction of sp³-hybridized carbons (Fsp3) is 0.700. The minimum absolute atomic E-state index is 0.135. The van der Waals surface area contributed by atoms with Crippen LogP contribution in [0.1, 0.15) is 26.7 Å². The van der Waals surface area contributed by atoms with Gasteiger partial charge in [-0.25, -0.2) is 0 Å². The summed E-state index contributed by atoms with van der Waals surface area (Å²) in [7, 11) is 1.42. The zero-order valence-corrected chi connectivity index (χ0v) is 8.72. The van der Waals surface area contributed by atoms with Crippen molar-refractivity contribution in [3.8, 4) is 0 Å². The molecule has 0 fully saturated rings. The molecule has 3 heteroatoms. The summed E-state index contributed by atoms with van der Waals surface area (Å²) in [5, 5.41) is 3.21. The van der Waals surface area contributed by atoms with Gasteiger partial charge in [-0.05, 0) is 26.8 Å². The Labute approximate surface area is 80.2 Å². The van der Waals surface area contributed by atoms with Crippen molar-refractivity contribution in [2.75, 3.05) is 20.2 Å². The minimum atomic E-state index is -0.135. The molecule has 0 spiro atoms. The molecule has 0 aliphatic rings. The molecule has 0 rings (SSSR count). The molecule has 0 aromatic heterocycles. The van der Waals surface area contributed by atoms with E-state index < -0.39 is 0 Å². The standard InChI is InChI=1S/C10H19NO2/c1-9(2)6-8-11-7-4-5-10(12)13-3/h6,11H,4-5,7-8H2,1-3H3. The molecule has 76 valence electrons. The number of hydrogen-bond donors (Lipinski definition) is 1. The van der Waals surface area contributed by atoms with Crippen LogP contribution < -0.4 is 5.32 Å². The Kier molecular flexibility index (Phi) is 7.30. The van der Waals surface area contributed by atoms with Crippen molar-refractivity contribution in [1.29, 1.82) is 0 Å². The van der Waals surface area contributed by atoms with E-state index in [0.29, 0.717) is 6.42 Å². The van der Waals surface area contributed by atoms with Crippen LogP contribution in [-0.4, -0.2) is 26.2 Å². The summed E-state index contributed by atoms with van der Waals surface area (Å²) in [6, 6.07) is 0. The summed E-state index contributed by atoms with van der Waals surface area (Å²) >= 11 is 0. The molecule has 0 radical (unpaired) electrons. The molecule has 0 heterocycles. The van der Waals surface area contributed by atoms with Crippen LogP contribution in [0.5, 0.6) is 0 Å². The van der Waals surface area contributed by atoms with Crippen LogP contribution in [0.3, 0.4) is 0 Å². The predicted octanol–water partition coefficient (Wildman–Crippen LogP) is 1.50. The van der Waals surface area contributed by atoms with Crippen molar-refractivity contribution >= 4 is 5.97 Å². The normalized spacial score (nSPS) is 9.46. The van der Waals surface area contributed by atoms with Gasteiger partial charge in [-0.2, -0.15) is 0 Å². The van der Waals surface area contributed by atoms with Gasteiger partial charge in [0.2, 0.25) is 0 Å². The van der Waals surface area contributed by atoms with Crippen LogP contribution in [0.4, 0.5) is 0 Å². The molecule has 0 atom stereocenters. The number of esters is 1. The minimum Gasteiger partial charge on any atom is -0.469 e. The second kappa shape index (κ2) is 7.80. The molecule has 0 saturated carbocycles. The van der Waals surface area contributed by atoms with Gasteiger partial charge < -0.3 is 10.1 Å². The molecule has 13 heavy (non-hydrogen) atoms. The number of carbonyl (C=O) groups excluding carboxylic acids is 1. The first kappa shape index (κ1) is 12.2. The lowest BCUT2D eigenvalue weighted by Gasteiger charge is -2.01. The number of ether oxygens (including phenoxy) is 1. The first-order valence-corrected chi connectivity index (χ1v) is 4.57. The van der Waals surface area contributed by atoms with E-state index >= 15 is 0 Å². The van der Waals surface area contributed by atoms with Crippen LogP contribution in [0, 0.1) is 0 Å². The lowest BCUT2D eigenvalue weighted by Crippen LogP contribution is -2.16. The summed E-state index contributed by atoms with van der Waals surface area (Å²) < 4.78 is 4.52. The lowest BCUT2D eigenvalue weighted by atomic mass is 10.3. The van der Waals surface area contributed by atoms with Crippen molar-refractivity contribution in [1.82, 2.24) is 5.32 Å². The molecule has 0 bridgehead atoms. The molecule has 0 aliphatic carbocycles. The van der Waals surface area contributed by atoms with Gasteiger partial charge in [0.05, 0.1) is 7.11 Å². The van der Waals surface area contributed by atoms with Crippen molar-refractivity contribution < 1.29 is 9.53 Å². The van der Waals surface area contributed by atoms with Crippen molar-refractivity contribution in [3.63, 3.8) is 0 Å². The van der Waals surface area contributed by atoms with E-state index in [1.807, 2.05) is 0 Å². The van der Waals surface area contributed by atoms with E-state index in [-0.39, 0.29) is 5.97 Å². The van der Waals surface area contributed by atoms with Crippen LogP contribution in [-0.2, 0) is 9.53 Å². The first-order valence-electron chi connectivity index (χ1n) is 4.57. The third-order valence-electron chi connectivity index (χ3n) is 1.62. The van der Waals surface area contributed by atoms with Gasteiger partial charge in [0.15, 0.2) is 0 Å². The van der Waals surface area contributed by atoms with E-state index in [4.69, 9.17) is 0 Å². The molecule has 1 N–H and O–H groups in total. The van der Waals surface area contributed by atoms with Crippen LogP contribution >= 0.6 is 0 Å². The smallest absolute Gasteiger partial charge is 0.305 e. The maximum Gasteiger partial charge on any atom is 0.305 e. The van der Waals surface area contributed by atoms with Gasteiger partial charge >= 0.3 is 5.97 Å². The maximum atomic E-state index is 10.7. The average Bonchev–Trinajstić information content (AvgIpc) is 2.10. The van der Waals surface area contributed by atoms with Crippen molar-refractivity contribution in [2.45, 2.75) is 26.7 Å². The van der Waals surface area contributed by atoms with Gasteiger partial charge in [-0.15, -0.1) is 0 Å². The van der Waals surface area contributed by atoms with Crippen LogP contribution in [0.2, 0.25) is 0 Å². The Bertz CT molecular complexity index is 172. The van der Waals surface area contributed by atoms with E-state index in [2.05, 4.69) is 30.0 Å². The fourth-order valence-corrected chi connectivity index (χ4v) is 0.838. The fourth-order valence-electron chi connectivity index (χ4n) is 0.838. The van der Waals surface area contributed by atoms with E-state index in [0.717, 1.165) is 19.5 Å². The van der Waals surface area contributed by atoms with Gasteiger partial charge in [0.25, 0.3) is 0 Å². The molecular formula is C10H19NO2. The zero-order chi connectivity index (χ0) is 10.1. The highest BCUT2D eigenvalue weighted by Gasteiger charge is 1.97. The molecule has 3 nitrogen and oxygen atoms in total. The average molecular weight is 185 g/mol. The molecular weight excluding hydrogens is 166 g/mol. The number of nitrogens with one attached hydrogen (secondary N) is 1. The van der Waals surface area contributed by atoms with E-state index in [1.165, 1.54) is 12.7 Å². The molecule has 0 aliphatic heterocycles. The second-order valence-corrected chi connectivity index (χ2v) is 3.17. The first-order chi connectivity index (χ1) is 6.16. The lowest BCUT2D eigenvalue weighted by molar-refractivity contribution is -0.140. The van der Waals surface area contributed by atoms with Crippen molar-refractivity contribution in [3.05, 3.63) is 11.6 Å². The summed E-state index contributed by atoms with van der Waals surface area (Å²) in [5.41, 5.74) is 1.31. The predicted molar refractivity (Wildman–Crippen MR) is 53.6 cm³/mol. The number of rotatable bonds is 6.